The summed E-state index contributed by atoms with van der Waals surface area (Å²) < 4.78 is 36.6. The van der Waals surface area contributed by atoms with E-state index in [0.717, 1.165) is 0 Å². The summed E-state index contributed by atoms with van der Waals surface area (Å²) in [6, 6.07) is 15.8. The minimum Gasteiger partial charge on any atom is -0.479 e. The number of hydrogen-bond acceptors (Lipinski definition) is 5. The van der Waals surface area contributed by atoms with E-state index < -0.39 is 39.5 Å². The van der Waals surface area contributed by atoms with Crippen LogP contribution in [0.25, 0.3) is 0 Å². The highest BCUT2D eigenvalue weighted by molar-refractivity contribution is 7.86. The lowest BCUT2D eigenvalue weighted by atomic mass is 9.94. The number of amides is 1. The summed E-state index contributed by atoms with van der Waals surface area (Å²) in [4.78, 5) is 23.5. The van der Waals surface area contributed by atoms with Gasteiger partial charge in [0.1, 0.15) is 4.75 Å². The third-order valence-corrected chi connectivity index (χ3v) is 5.61. The molecule has 1 amide bonds. The molecular formula is C18H19NO7S. The van der Waals surface area contributed by atoms with Crippen molar-refractivity contribution in [2.45, 2.75) is 24.2 Å². The fourth-order valence-corrected chi connectivity index (χ4v) is 3.29. The van der Waals surface area contributed by atoms with Gasteiger partial charge in [0.2, 0.25) is 6.10 Å². The molecule has 2 unspecified atom stereocenters. The Balaban J connectivity index is 2.24. The maximum atomic E-state index is 12.0. The summed E-state index contributed by atoms with van der Waals surface area (Å²) in [5.41, 5.74) is 0.554. The van der Waals surface area contributed by atoms with Crippen LogP contribution in [0.1, 0.15) is 18.9 Å². The van der Waals surface area contributed by atoms with Gasteiger partial charge in [-0.1, -0.05) is 48.5 Å². The van der Waals surface area contributed by atoms with E-state index in [4.69, 9.17) is 4.74 Å². The van der Waals surface area contributed by atoms with Crippen molar-refractivity contribution in [2.24, 2.45) is 0 Å². The van der Waals surface area contributed by atoms with Crippen LogP contribution in [0.3, 0.4) is 0 Å². The number of carbonyl (C=O) groups is 2. The molecule has 27 heavy (non-hydrogen) atoms. The molecule has 2 aromatic rings. The lowest BCUT2D eigenvalue weighted by molar-refractivity contribution is -0.147. The minimum absolute atomic E-state index is 0.172. The predicted molar refractivity (Wildman–Crippen MR) is 97.9 cm³/mol. The van der Waals surface area contributed by atoms with Crippen LogP contribution in [0.4, 0.5) is 10.5 Å². The Hall–Kier alpha value is -2.91. The third kappa shape index (κ3) is 5.05. The number of hydrogen-bond donors (Lipinski definition) is 3. The first kappa shape index (κ1) is 20.4. The van der Waals surface area contributed by atoms with E-state index in [1.54, 1.807) is 48.5 Å². The van der Waals surface area contributed by atoms with Crippen molar-refractivity contribution in [1.82, 2.24) is 0 Å². The molecule has 0 aliphatic rings. The quantitative estimate of drug-likeness (QED) is 0.617. The summed E-state index contributed by atoms with van der Waals surface area (Å²) in [5.74, 6) is -1.54. The van der Waals surface area contributed by atoms with Gasteiger partial charge < -0.3 is 9.84 Å². The van der Waals surface area contributed by atoms with Crippen LogP contribution in [0.5, 0.6) is 0 Å². The van der Waals surface area contributed by atoms with Crippen molar-refractivity contribution in [3.05, 3.63) is 66.2 Å². The van der Waals surface area contributed by atoms with Crippen molar-refractivity contribution in [3.63, 3.8) is 0 Å². The standard InChI is InChI=1S/C18H19NO7S/c1-18(27(23,24)25,13-8-4-2-5-9-13)12-15(16(20)21)26-17(22)19-14-10-6-3-7-11-14/h2-11,15H,12H2,1H3,(H,19,22)(H,20,21)(H,23,24,25). The number of anilines is 1. The molecule has 2 aromatic carbocycles. The zero-order valence-electron chi connectivity index (χ0n) is 14.4. The van der Waals surface area contributed by atoms with Gasteiger partial charge in [-0.2, -0.15) is 8.42 Å². The Labute approximate surface area is 156 Å². The number of para-hydroxylation sites is 1. The lowest BCUT2D eigenvalue weighted by Gasteiger charge is -2.29. The molecule has 0 bridgehead atoms. The molecular weight excluding hydrogens is 374 g/mol. The summed E-state index contributed by atoms with van der Waals surface area (Å²) in [6.07, 6.45) is -3.53. The molecule has 0 spiro atoms. The Morgan fingerprint density at radius 1 is 1.07 bits per heavy atom. The summed E-state index contributed by atoms with van der Waals surface area (Å²) >= 11 is 0. The predicted octanol–water partition coefficient (Wildman–Crippen LogP) is 2.88. The fourth-order valence-electron chi connectivity index (χ4n) is 2.49. The number of aliphatic carboxylic acids is 1. The van der Waals surface area contributed by atoms with E-state index in [1.807, 2.05) is 0 Å². The summed E-state index contributed by atoms with van der Waals surface area (Å²) in [6.45, 7) is 1.17. The zero-order chi connectivity index (χ0) is 20.1. The van der Waals surface area contributed by atoms with Gasteiger partial charge in [-0.05, 0) is 24.6 Å². The van der Waals surface area contributed by atoms with Crippen LogP contribution in [0, 0.1) is 0 Å². The lowest BCUT2D eigenvalue weighted by Crippen LogP contribution is -2.41. The number of carboxylic acid groups (broad SMARTS) is 1. The summed E-state index contributed by atoms with van der Waals surface area (Å²) in [7, 11) is -4.72. The van der Waals surface area contributed by atoms with E-state index in [2.05, 4.69) is 5.32 Å². The minimum atomic E-state index is -4.72. The third-order valence-electron chi connectivity index (χ3n) is 4.07. The number of benzene rings is 2. The van der Waals surface area contributed by atoms with Crippen LogP contribution >= 0.6 is 0 Å². The monoisotopic (exact) mass is 393 g/mol. The second-order valence-corrected chi connectivity index (χ2v) is 7.85. The molecule has 9 heteroatoms. The molecule has 0 fully saturated rings. The van der Waals surface area contributed by atoms with Gasteiger partial charge in [0.15, 0.2) is 0 Å². The van der Waals surface area contributed by atoms with Crippen molar-refractivity contribution < 1.29 is 32.4 Å². The van der Waals surface area contributed by atoms with E-state index in [-0.39, 0.29) is 5.56 Å². The smallest absolute Gasteiger partial charge is 0.412 e. The molecule has 0 aliphatic carbocycles. The Morgan fingerprint density at radius 2 is 1.59 bits per heavy atom. The molecule has 144 valence electrons. The van der Waals surface area contributed by atoms with Crippen molar-refractivity contribution in [2.75, 3.05) is 5.32 Å². The van der Waals surface area contributed by atoms with Gasteiger partial charge in [0.25, 0.3) is 10.1 Å². The first-order valence-electron chi connectivity index (χ1n) is 7.91. The number of rotatable bonds is 7. The van der Waals surface area contributed by atoms with Gasteiger partial charge in [-0.15, -0.1) is 0 Å². The maximum Gasteiger partial charge on any atom is 0.412 e. The SMILES string of the molecule is CC(CC(OC(=O)Nc1ccccc1)C(=O)O)(c1ccccc1)S(=O)(=O)O. The molecule has 0 aliphatic heterocycles. The van der Waals surface area contributed by atoms with Gasteiger partial charge in [-0.25, -0.2) is 9.59 Å². The Bertz CT molecular complexity index is 900. The number of carbonyl (C=O) groups excluding carboxylic acids is 1. The van der Waals surface area contributed by atoms with Gasteiger partial charge in [0.05, 0.1) is 0 Å². The summed E-state index contributed by atoms with van der Waals surface area (Å²) in [5, 5.41) is 11.7. The molecule has 0 saturated heterocycles. The molecule has 2 atom stereocenters. The molecule has 0 radical (unpaired) electrons. The second kappa shape index (κ2) is 8.19. The largest absolute Gasteiger partial charge is 0.479 e. The Kier molecular flexibility index (Phi) is 6.19. The molecule has 0 heterocycles. The molecule has 3 N–H and O–H groups in total. The van der Waals surface area contributed by atoms with Crippen LogP contribution in [0.15, 0.2) is 60.7 Å². The van der Waals surface area contributed by atoms with Crippen molar-refractivity contribution in [3.8, 4) is 0 Å². The topological polar surface area (TPSA) is 130 Å². The van der Waals surface area contributed by atoms with Crippen LogP contribution in [0.2, 0.25) is 0 Å². The average Bonchev–Trinajstić information content (AvgIpc) is 2.61. The first-order valence-corrected chi connectivity index (χ1v) is 9.35. The van der Waals surface area contributed by atoms with Crippen molar-refractivity contribution in [1.29, 1.82) is 0 Å². The Morgan fingerprint density at radius 3 is 2.07 bits per heavy atom. The molecule has 8 nitrogen and oxygen atoms in total. The van der Waals surface area contributed by atoms with Crippen LogP contribution in [-0.2, 0) is 24.4 Å². The van der Waals surface area contributed by atoms with Crippen LogP contribution in [-0.4, -0.2) is 36.2 Å². The fraction of sp³-hybridized carbons (Fsp3) is 0.222. The highest BCUT2D eigenvalue weighted by Crippen LogP contribution is 2.35. The normalized spacial score (nSPS) is 14.6. The van der Waals surface area contributed by atoms with Gasteiger partial charge in [-0.3, -0.25) is 9.87 Å². The van der Waals surface area contributed by atoms with Gasteiger partial charge in [0, 0.05) is 12.1 Å². The van der Waals surface area contributed by atoms with Crippen molar-refractivity contribution >= 4 is 27.9 Å². The van der Waals surface area contributed by atoms with Gasteiger partial charge >= 0.3 is 12.1 Å². The van der Waals surface area contributed by atoms with E-state index in [9.17, 15) is 27.7 Å². The molecule has 2 rings (SSSR count). The van der Waals surface area contributed by atoms with Crippen LogP contribution < -0.4 is 5.32 Å². The number of ether oxygens (including phenoxy) is 1. The number of carboxylic acids is 1. The zero-order valence-corrected chi connectivity index (χ0v) is 15.2. The molecule has 0 saturated carbocycles. The first-order chi connectivity index (χ1) is 12.6. The molecule has 0 aromatic heterocycles. The highest BCUT2D eigenvalue weighted by atomic mass is 32.2. The average molecular weight is 393 g/mol. The second-order valence-electron chi connectivity index (χ2n) is 6.00. The van der Waals surface area contributed by atoms with E-state index in [1.165, 1.54) is 19.1 Å². The number of nitrogens with one attached hydrogen (secondary N) is 1. The highest BCUT2D eigenvalue weighted by Gasteiger charge is 2.44. The van der Waals surface area contributed by atoms with E-state index in [0.29, 0.717) is 5.69 Å². The van der Waals surface area contributed by atoms with E-state index >= 15 is 0 Å². The maximum absolute atomic E-state index is 12.0.